The summed E-state index contributed by atoms with van der Waals surface area (Å²) in [6.45, 7) is 3.98. The summed E-state index contributed by atoms with van der Waals surface area (Å²) in [6.07, 6.45) is 0. The zero-order valence-electron chi connectivity index (χ0n) is 6.70. The highest BCUT2D eigenvalue weighted by Gasteiger charge is 2.18. The van der Waals surface area contributed by atoms with Gasteiger partial charge in [-0.1, -0.05) is 0 Å². The highest BCUT2D eigenvalue weighted by atomic mass is 16.5. The summed E-state index contributed by atoms with van der Waals surface area (Å²) in [6, 6.07) is 0.124. The Morgan fingerprint density at radius 3 is 2.55 bits per heavy atom. The number of rotatable bonds is 3. The molecule has 1 fully saturated rings. The maximum absolute atomic E-state index is 8.92. The van der Waals surface area contributed by atoms with E-state index in [0.717, 1.165) is 26.3 Å². The number of nitrogens with zero attached hydrogens (tertiary/aromatic N) is 1. The Balaban J connectivity index is 2.30. The van der Waals surface area contributed by atoms with E-state index in [4.69, 9.17) is 15.6 Å². The van der Waals surface area contributed by atoms with Gasteiger partial charge in [0.2, 0.25) is 0 Å². The third kappa shape index (κ3) is 2.41. The first-order valence-corrected chi connectivity index (χ1v) is 4.01. The molecule has 1 heterocycles. The first kappa shape index (κ1) is 8.93. The van der Waals surface area contributed by atoms with Gasteiger partial charge < -0.3 is 15.6 Å². The van der Waals surface area contributed by atoms with Crippen LogP contribution in [0.25, 0.3) is 0 Å². The second kappa shape index (κ2) is 4.66. The van der Waals surface area contributed by atoms with Crippen molar-refractivity contribution in [3.63, 3.8) is 0 Å². The number of ether oxygens (including phenoxy) is 1. The van der Waals surface area contributed by atoms with Gasteiger partial charge in [-0.2, -0.15) is 0 Å². The molecule has 0 bridgehead atoms. The second-order valence-corrected chi connectivity index (χ2v) is 2.72. The molecule has 0 aromatic carbocycles. The van der Waals surface area contributed by atoms with Gasteiger partial charge >= 0.3 is 0 Å². The van der Waals surface area contributed by atoms with E-state index < -0.39 is 0 Å². The molecule has 1 aliphatic rings. The molecule has 0 spiro atoms. The fourth-order valence-corrected chi connectivity index (χ4v) is 1.28. The van der Waals surface area contributed by atoms with Crippen molar-refractivity contribution in [1.29, 1.82) is 0 Å². The minimum Gasteiger partial charge on any atom is -0.395 e. The van der Waals surface area contributed by atoms with Crippen LogP contribution in [0.4, 0.5) is 0 Å². The lowest BCUT2D eigenvalue weighted by Crippen LogP contribution is -2.48. The lowest BCUT2D eigenvalue weighted by Gasteiger charge is -2.32. The van der Waals surface area contributed by atoms with E-state index in [-0.39, 0.29) is 12.6 Å². The van der Waals surface area contributed by atoms with Crippen LogP contribution in [0.5, 0.6) is 0 Å². The molecule has 0 aromatic rings. The molecule has 1 aliphatic heterocycles. The molecule has 3 N–H and O–H groups in total. The molecule has 0 aromatic heterocycles. The Hall–Kier alpha value is -0.160. The lowest BCUT2D eigenvalue weighted by molar-refractivity contribution is 0.00561. The van der Waals surface area contributed by atoms with Crippen molar-refractivity contribution in [2.45, 2.75) is 6.04 Å². The molecule has 1 rings (SSSR count). The molecular formula is C7H16N2O2. The summed E-state index contributed by atoms with van der Waals surface area (Å²) in [7, 11) is 0. The quantitative estimate of drug-likeness (QED) is 0.535. The molecule has 0 saturated carbocycles. The number of hydrogen-bond donors (Lipinski definition) is 2. The van der Waals surface area contributed by atoms with Crippen molar-refractivity contribution in [2.24, 2.45) is 5.73 Å². The summed E-state index contributed by atoms with van der Waals surface area (Å²) in [5.74, 6) is 0. The van der Waals surface area contributed by atoms with Gasteiger partial charge in [0, 0.05) is 25.7 Å². The second-order valence-electron chi connectivity index (χ2n) is 2.72. The number of hydrogen-bond acceptors (Lipinski definition) is 4. The largest absolute Gasteiger partial charge is 0.395 e. The number of morpholine rings is 1. The van der Waals surface area contributed by atoms with E-state index >= 15 is 0 Å². The molecule has 1 atom stereocenters. The lowest BCUT2D eigenvalue weighted by atomic mass is 10.2. The van der Waals surface area contributed by atoms with Crippen molar-refractivity contribution in [3.8, 4) is 0 Å². The van der Waals surface area contributed by atoms with E-state index in [2.05, 4.69) is 4.90 Å². The summed E-state index contributed by atoms with van der Waals surface area (Å²) < 4.78 is 5.17. The fraction of sp³-hybridized carbons (Fsp3) is 1.00. The number of aliphatic hydroxyl groups is 1. The van der Waals surface area contributed by atoms with Crippen molar-refractivity contribution in [3.05, 3.63) is 0 Å². The number of aliphatic hydroxyl groups excluding tert-OH is 1. The third-order valence-corrected chi connectivity index (χ3v) is 2.04. The van der Waals surface area contributed by atoms with E-state index in [0.29, 0.717) is 6.54 Å². The Labute approximate surface area is 66.9 Å². The third-order valence-electron chi connectivity index (χ3n) is 2.04. The normalized spacial score (nSPS) is 23.5. The van der Waals surface area contributed by atoms with Crippen LogP contribution in [0.1, 0.15) is 0 Å². The average Bonchev–Trinajstić information content (AvgIpc) is 2.09. The molecule has 1 unspecified atom stereocenters. The highest BCUT2D eigenvalue weighted by Crippen LogP contribution is 2.01. The van der Waals surface area contributed by atoms with Gasteiger partial charge in [-0.25, -0.2) is 0 Å². The van der Waals surface area contributed by atoms with Gasteiger partial charge in [-0.3, -0.25) is 4.90 Å². The predicted octanol–water partition coefficient (Wildman–Crippen LogP) is -1.36. The van der Waals surface area contributed by atoms with Crippen molar-refractivity contribution in [1.82, 2.24) is 4.90 Å². The zero-order chi connectivity index (χ0) is 8.10. The maximum atomic E-state index is 8.92. The molecule has 0 amide bonds. The van der Waals surface area contributed by atoms with Crippen LogP contribution in [0.3, 0.4) is 0 Å². The van der Waals surface area contributed by atoms with Gasteiger partial charge in [-0.05, 0) is 0 Å². The van der Waals surface area contributed by atoms with Crippen LogP contribution < -0.4 is 5.73 Å². The summed E-state index contributed by atoms with van der Waals surface area (Å²) in [5.41, 5.74) is 5.47. The van der Waals surface area contributed by atoms with Crippen LogP contribution in [0.2, 0.25) is 0 Å². The SMILES string of the molecule is NCC(CO)N1CCOCC1. The van der Waals surface area contributed by atoms with E-state index in [9.17, 15) is 0 Å². The van der Waals surface area contributed by atoms with Crippen LogP contribution in [0, 0.1) is 0 Å². The number of nitrogens with two attached hydrogens (primary N) is 1. The summed E-state index contributed by atoms with van der Waals surface area (Å²) in [5, 5.41) is 8.92. The zero-order valence-corrected chi connectivity index (χ0v) is 6.70. The van der Waals surface area contributed by atoms with Gasteiger partial charge in [0.25, 0.3) is 0 Å². The Kier molecular flexibility index (Phi) is 3.79. The first-order valence-electron chi connectivity index (χ1n) is 4.01. The van der Waals surface area contributed by atoms with Crippen molar-refractivity contribution >= 4 is 0 Å². The standard InChI is InChI=1S/C7H16N2O2/c8-5-7(6-10)9-1-3-11-4-2-9/h7,10H,1-6,8H2. The van der Waals surface area contributed by atoms with Gasteiger partial charge in [-0.15, -0.1) is 0 Å². The molecule has 0 aliphatic carbocycles. The van der Waals surface area contributed by atoms with E-state index in [1.165, 1.54) is 0 Å². The average molecular weight is 160 g/mol. The fourth-order valence-electron chi connectivity index (χ4n) is 1.28. The maximum Gasteiger partial charge on any atom is 0.0599 e. The van der Waals surface area contributed by atoms with Crippen LogP contribution in [-0.4, -0.2) is 55.5 Å². The first-order chi connectivity index (χ1) is 5.38. The van der Waals surface area contributed by atoms with Crippen LogP contribution in [-0.2, 0) is 4.74 Å². The minimum atomic E-state index is 0.124. The molecule has 4 heteroatoms. The molecule has 4 nitrogen and oxygen atoms in total. The van der Waals surface area contributed by atoms with Crippen molar-refractivity contribution < 1.29 is 9.84 Å². The molecule has 11 heavy (non-hydrogen) atoms. The summed E-state index contributed by atoms with van der Waals surface area (Å²) >= 11 is 0. The highest BCUT2D eigenvalue weighted by molar-refractivity contribution is 4.73. The monoisotopic (exact) mass is 160 g/mol. The van der Waals surface area contributed by atoms with E-state index in [1.807, 2.05) is 0 Å². The minimum absolute atomic E-state index is 0.124. The van der Waals surface area contributed by atoms with E-state index in [1.54, 1.807) is 0 Å². The van der Waals surface area contributed by atoms with Crippen molar-refractivity contribution in [2.75, 3.05) is 39.5 Å². The predicted molar refractivity (Wildman–Crippen MR) is 42.3 cm³/mol. The molecule has 1 saturated heterocycles. The van der Waals surface area contributed by atoms with Crippen LogP contribution >= 0.6 is 0 Å². The molecule has 66 valence electrons. The Bertz CT molecular complexity index is 101. The van der Waals surface area contributed by atoms with Gasteiger partial charge in [0.05, 0.1) is 19.8 Å². The Morgan fingerprint density at radius 2 is 2.09 bits per heavy atom. The molecule has 0 radical (unpaired) electrons. The van der Waals surface area contributed by atoms with Gasteiger partial charge in [0.1, 0.15) is 0 Å². The summed E-state index contributed by atoms with van der Waals surface area (Å²) in [4.78, 5) is 2.17. The van der Waals surface area contributed by atoms with Crippen LogP contribution in [0.15, 0.2) is 0 Å². The smallest absolute Gasteiger partial charge is 0.0599 e. The molecular weight excluding hydrogens is 144 g/mol. The Morgan fingerprint density at radius 1 is 1.45 bits per heavy atom. The topological polar surface area (TPSA) is 58.7 Å². The van der Waals surface area contributed by atoms with Gasteiger partial charge in [0.15, 0.2) is 0 Å².